The standard InChI is InChI=1S/C16H23N3O3S/c1-2-8-18-23(21,22)15-5-3-4-14(11-15)16(20)19-9-6-13(12-17)7-10-19/h2-5,11,13,18H,1,6-10,12,17H2. The van der Waals surface area contributed by atoms with Gasteiger partial charge in [-0.1, -0.05) is 12.1 Å². The third-order valence-corrected chi connectivity index (χ3v) is 5.47. The number of nitrogens with two attached hydrogens (primary N) is 1. The first-order chi connectivity index (χ1) is 11.0. The van der Waals surface area contributed by atoms with Crippen molar-refractivity contribution in [3.8, 4) is 0 Å². The Balaban J connectivity index is 2.13. The predicted octanol–water partition coefficient (Wildman–Crippen LogP) is 0.962. The summed E-state index contributed by atoms with van der Waals surface area (Å²) in [5, 5.41) is 0. The van der Waals surface area contributed by atoms with Crippen molar-refractivity contribution < 1.29 is 13.2 Å². The Morgan fingerprint density at radius 2 is 2.09 bits per heavy atom. The van der Waals surface area contributed by atoms with Crippen LogP contribution in [0.2, 0.25) is 0 Å². The molecule has 1 fully saturated rings. The molecule has 0 atom stereocenters. The third kappa shape index (κ3) is 4.40. The first-order valence-corrected chi connectivity index (χ1v) is 9.16. The van der Waals surface area contributed by atoms with Gasteiger partial charge in [0.1, 0.15) is 0 Å². The normalized spacial score (nSPS) is 16.3. The Bertz CT molecular complexity index is 665. The Kier molecular flexibility index (Phi) is 5.92. The van der Waals surface area contributed by atoms with E-state index in [0.29, 0.717) is 31.1 Å². The molecule has 7 heteroatoms. The zero-order chi connectivity index (χ0) is 16.9. The molecule has 3 N–H and O–H groups in total. The molecule has 0 unspecified atom stereocenters. The molecule has 1 aromatic rings. The summed E-state index contributed by atoms with van der Waals surface area (Å²) in [6.45, 7) is 5.59. The van der Waals surface area contributed by atoms with E-state index < -0.39 is 10.0 Å². The molecule has 1 aliphatic heterocycles. The van der Waals surface area contributed by atoms with Crippen LogP contribution in [-0.4, -0.2) is 45.4 Å². The lowest BCUT2D eigenvalue weighted by Gasteiger charge is -2.31. The topological polar surface area (TPSA) is 92.5 Å². The first-order valence-electron chi connectivity index (χ1n) is 7.68. The molecule has 0 spiro atoms. The second-order valence-electron chi connectivity index (χ2n) is 5.64. The van der Waals surface area contributed by atoms with E-state index in [1.54, 1.807) is 17.0 Å². The number of likely N-dealkylation sites (tertiary alicyclic amines) is 1. The van der Waals surface area contributed by atoms with Gasteiger partial charge in [0.2, 0.25) is 10.0 Å². The fourth-order valence-electron chi connectivity index (χ4n) is 2.60. The summed E-state index contributed by atoms with van der Waals surface area (Å²) in [5.74, 6) is 0.329. The predicted molar refractivity (Wildman–Crippen MR) is 89.5 cm³/mol. The van der Waals surface area contributed by atoms with E-state index in [1.807, 2.05) is 0 Å². The van der Waals surface area contributed by atoms with Gasteiger partial charge >= 0.3 is 0 Å². The molecule has 1 aliphatic rings. The Labute approximate surface area is 137 Å². The second kappa shape index (κ2) is 7.72. The Hall–Kier alpha value is -1.70. The van der Waals surface area contributed by atoms with Crippen LogP contribution in [-0.2, 0) is 10.0 Å². The van der Waals surface area contributed by atoms with Crippen LogP contribution in [0.3, 0.4) is 0 Å². The van der Waals surface area contributed by atoms with E-state index in [9.17, 15) is 13.2 Å². The Morgan fingerprint density at radius 3 is 2.70 bits per heavy atom. The third-order valence-electron chi connectivity index (χ3n) is 4.04. The summed E-state index contributed by atoms with van der Waals surface area (Å²) in [4.78, 5) is 14.4. The van der Waals surface area contributed by atoms with Crippen LogP contribution < -0.4 is 10.5 Å². The summed E-state index contributed by atoms with van der Waals surface area (Å²) in [5.41, 5.74) is 6.05. The second-order valence-corrected chi connectivity index (χ2v) is 7.41. The molecule has 0 radical (unpaired) electrons. The highest BCUT2D eigenvalue weighted by Crippen LogP contribution is 2.19. The molecule has 23 heavy (non-hydrogen) atoms. The van der Waals surface area contributed by atoms with Gasteiger partial charge in [0.15, 0.2) is 0 Å². The molecule has 0 bridgehead atoms. The van der Waals surface area contributed by atoms with Crippen LogP contribution in [0, 0.1) is 5.92 Å². The highest BCUT2D eigenvalue weighted by atomic mass is 32.2. The molecule has 2 rings (SSSR count). The van der Waals surface area contributed by atoms with Crippen molar-refractivity contribution in [3.05, 3.63) is 42.5 Å². The molecule has 126 valence electrons. The number of sulfonamides is 1. The molecule has 0 aliphatic carbocycles. The van der Waals surface area contributed by atoms with Gasteiger partial charge in [-0.3, -0.25) is 4.79 Å². The number of carbonyl (C=O) groups is 1. The number of hydrogen-bond donors (Lipinski definition) is 2. The first kappa shape index (κ1) is 17.7. The number of carbonyl (C=O) groups excluding carboxylic acids is 1. The summed E-state index contributed by atoms with van der Waals surface area (Å²) >= 11 is 0. The van der Waals surface area contributed by atoms with E-state index in [4.69, 9.17) is 5.73 Å². The fourth-order valence-corrected chi connectivity index (χ4v) is 3.65. The average Bonchev–Trinajstić information content (AvgIpc) is 2.59. The van der Waals surface area contributed by atoms with Crippen molar-refractivity contribution >= 4 is 15.9 Å². The zero-order valence-electron chi connectivity index (χ0n) is 13.1. The van der Waals surface area contributed by atoms with Crippen LogP contribution >= 0.6 is 0 Å². The number of amides is 1. The van der Waals surface area contributed by atoms with Gasteiger partial charge in [-0.05, 0) is 43.5 Å². The van der Waals surface area contributed by atoms with Crippen molar-refractivity contribution in [3.63, 3.8) is 0 Å². The van der Waals surface area contributed by atoms with Gasteiger partial charge in [-0.2, -0.15) is 0 Å². The number of nitrogens with one attached hydrogen (secondary N) is 1. The zero-order valence-corrected chi connectivity index (χ0v) is 13.9. The van der Waals surface area contributed by atoms with Crippen LogP contribution in [0.15, 0.2) is 41.8 Å². The van der Waals surface area contributed by atoms with Crippen LogP contribution in [0.25, 0.3) is 0 Å². The lowest BCUT2D eigenvalue weighted by atomic mass is 9.96. The molecule has 1 saturated heterocycles. The number of rotatable bonds is 6. The largest absolute Gasteiger partial charge is 0.339 e. The van der Waals surface area contributed by atoms with E-state index in [1.165, 1.54) is 18.2 Å². The average molecular weight is 337 g/mol. The van der Waals surface area contributed by atoms with Crippen molar-refractivity contribution in [1.29, 1.82) is 0 Å². The van der Waals surface area contributed by atoms with Crippen molar-refractivity contribution in [2.24, 2.45) is 11.7 Å². The van der Waals surface area contributed by atoms with Crippen molar-refractivity contribution in [1.82, 2.24) is 9.62 Å². The van der Waals surface area contributed by atoms with Crippen LogP contribution in [0.5, 0.6) is 0 Å². The maximum Gasteiger partial charge on any atom is 0.253 e. The molecule has 1 amide bonds. The van der Waals surface area contributed by atoms with Crippen LogP contribution in [0.1, 0.15) is 23.2 Å². The Morgan fingerprint density at radius 1 is 1.39 bits per heavy atom. The quantitative estimate of drug-likeness (QED) is 0.756. The van der Waals surface area contributed by atoms with Gasteiger partial charge in [0.05, 0.1) is 4.90 Å². The minimum Gasteiger partial charge on any atom is -0.339 e. The maximum absolute atomic E-state index is 12.6. The fraction of sp³-hybridized carbons (Fsp3) is 0.438. The van der Waals surface area contributed by atoms with E-state index >= 15 is 0 Å². The van der Waals surface area contributed by atoms with Crippen LogP contribution in [0.4, 0.5) is 0 Å². The molecule has 6 nitrogen and oxygen atoms in total. The number of nitrogens with zero attached hydrogens (tertiary/aromatic N) is 1. The van der Waals surface area contributed by atoms with Gasteiger partial charge in [0.25, 0.3) is 5.91 Å². The van der Waals surface area contributed by atoms with E-state index in [-0.39, 0.29) is 17.3 Å². The summed E-state index contributed by atoms with van der Waals surface area (Å²) in [7, 11) is -3.63. The molecular formula is C16H23N3O3S. The summed E-state index contributed by atoms with van der Waals surface area (Å²) < 4.78 is 26.7. The monoisotopic (exact) mass is 337 g/mol. The summed E-state index contributed by atoms with van der Waals surface area (Å²) in [6, 6.07) is 6.12. The summed E-state index contributed by atoms with van der Waals surface area (Å²) in [6.07, 6.45) is 3.25. The highest BCUT2D eigenvalue weighted by Gasteiger charge is 2.24. The van der Waals surface area contributed by atoms with Gasteiger partial charge in [0, 0.05) is 25.2 Å². The minimum absolute atomic E-state index is 0.0852. The molecule has 1 heterocycles. The number of hydrogen-bond acceptors (Lipinski definition) is 4. The lowest BCUT2D eigenvalue weighted by molar-refractivity contribution is 0.0693. The van der Waals surface area contributed by atoms with E-state index in [2.05, 4.69) is 11.3 Å². The van der Waals surface area contributed by atoms with Crippen molar-refractivity contribution in [2.75, 3.05) is 26.2 Å². The van der Waals surface area contributed by atoms with Crippen molar-refractivity contribution in [2.45, 2.75) is 17.7 Å². The SMILES string of the molecule is C=CCNS(=O)(=O)c1cccc(C(=O)N2CCC(CN)CC2)c1. The number of benzene rings is 1. The van der Waals surface area contributed by atoms with Gasteiger partial charge in [-0.15, -0.1) is 6.58 Å². The maximum atomic E-state index is 12.6. The van der Waals surface area contributed by atoms with Gasteiger partial charge in [-0.25, -0.2) is 13.1 Å². The minimum atomic E-state index is -3.63. The molecule has 0 aromatic heterocycles. The molecule has 1 aromatic carbocycles. The van der Waals surface area contributed by atoms with E-state index in [0.717, 1.165) is 12.8 Å². The van der Waals surface area contributed by atoms with Gasteiger partial charge < -0.3 is 10.6 Å². The number of piperidine rings is 1. The lowest BCUT2D eigenvalue weighted by Crippen LogP contribution is -2.40. The highest BCUT2D eigenvalue weighted by molar-refractivity contribution is 7.89. The molecular weight excluding hydrogens is 314 g/mol. The molecule has 0 saturated carbocycles. The smallest absolute Gasteiger partial charge is 0.253 e.